The van der Waals surface area contributed by atoms with Crippen molar-refractivity contribution in [3.63, 3.8) is 0 Å². The molecule has 22 heavy (non-hydrogen) atoms. The van der Waals surface area contributed by atoms with Crippen molar-refractivity contribution in [2.24, 2.45) is 0 Å². The van der Waals surface area contributed by atoms with Crippen LogP contribution in [0, 0.1) is 11.3 Å². The van der Waals surface area contributed by atoms with Crippen molar-refractivity contribution < 1.29 is 9.47 Å². The molecule has 5 heteroatoms. The Labute approximate surface area is 128 Å². The van der Waals surface area contributed by atoms with Gasteiger partial charge in [-0.05, 0) is 42.7 Å². The summed E-state index contributed by atoms with van der Waals surface area (Å²) < 4.78 is 10.9. The third-order valence-corrected chi connectivity index (χ3v) is 4.21. The van der Waals surface area contributed by atoms with Crippen LogP contribution >= 0.6 is 0 Å². The van der Waals surface area contributed by atoms with Gasteiger partial charge in [-0.2, -0.15) is 5.26 Å². The van der Waals surface area contributed by atoms with Gasteiger partial charge in [-0.15, -0.1) is 0 Å². The Morgan fingerprint density at radius 1 is 1.18 bits per heavy atom. The van der Waals surface area contributed by atoms with Crippen LogP contribution in [0.15, 0.2) is 36.5 Å². The summed E-state index contributed by atoms with van der Waals surface area (Å²) in [7, 11) is 0. The van der Waals surface area contributed by atoms with Crippen molar-refractivity contribution >= 4 is 5.82 Å². The molecule has 110 valence electrons. The highest BCUT2D eigenvalue weighted by Gasteiger charge is 2.28. The quantitative estimate of drug-likeness (QED) is 0.852. The Balaban J connectivity index is 1.64. The first-order valence-corrected chi connectivity index (χ1v) is 7.37. The van der Waals surface area contributed by atoms with Gasteiger partial charge in [-0.1, -0.05) is 6.07 Å². The summed E-state index contributed by atoms with van der Waals surface area (Å²) in [6.07, 6.45) is 3.84. The maximum Gasteiger partial charge on any atom is 0.231 e. The van der Waals surface area contributed by atoms with Crippen molar-refractivity contribution in [2.45, 2.75) is 18.9 Å². The minimum Gasteiger partial charge on any atom is -0.454 e. The zero-order valence-corrected chi connectivity index (χ0v) is 12.0. The predicted octanol–water partition coefficient (Wildman–Crippen LogP) is 3.02. The Morgan fingerprint density at radius 2 is 2.09 bits per heavy atom. The van der Waals surface area contributed by atoms with Crippen LogP contribution in [-0.4, -0.2) is 18.3 Å². The summed E-state index contributed by atoms with van der Waals surface area (Å²) >= 11 is 0. The molecule has 2 aliphatic heterocycles. The molecule has 0 amide bonds. The fourth-order valence-corrected chi connectivity index (χ4v) is 3.13. The number of nitrogens with zero attached hydrogens (tertiary/aromatic N) is 3. The van der Waals surface area contributed by atoms with E-state index in [4.69, 9.17) is 14.7 Å². The van der Waals surface area contributed by atoms with E-state index in [2.05, 4.69) is 28.1 Å². The monoisotopic (exact) mass is 293 g/mol. The molecule has 2 aromatic rings. The van der Waals surface area contributed by atoms with Crippen LogP contribution in [0.25, 0.3) is 0 Å². The molecule has 1 fully saturated rings. The first kappa shape index (κ1) is 13.0. The number of pyridine rings is 1. The Hall–Kier alpha value is -2.74. The van der Waals surface area contributed by atoms with Crippen molar-refractivity contribution in [1.29, 1.82) is 5.26 Å². The van der Waals surface area contributed by atoms with Gasteiger partial charge in [0.25, 0.3) is 0 Å². The number of aromatic nitrogens is 1. The van der Waals surface area contributed by atoms with Gasteiger partial charge < -0.3 is 14.4 Å². The number of nitriles is 1. The average Bonchev–Trinajstić information content (AvgIpc) is 3.23. The zero-order valence-electron chi connectivity index (χ0n) is 12.0. The second kappa shape index (κ2) is 5.23. The van der Waals surface area contributed by atoms with Crippen molar-refractivity contribution in [2.75, 3.05) is 18.2 Å². The number of hydrogen-bond donors (Lipinski definition) is 0. The molecule has 0 bridgehead atoms. The lowest BCUT2D eigenvalue weighted by Crippen LogP contribution is -2.23. The van der Waals surface area contributed by atoms with Crippen LogP contribution in [0.2, 0.25) is 0 Å². The van der Waals surface area contributed by atoms with Crippen LogP contribution in [0.5, 0.6) is 11.5 Å². The van der Waals surface area contributed by atoms with E-state index in [9.17, 15) is 0 Å². The van der Waals surface area contributed by atoms with Crippen LogP contribution < -0.4 is 14.4 Å². The topological polar surface area (TPSA) is 58.4 Å². The van der Waals surface area contributed by atoms with E-state index in [-0.39, 0.29) is 6.04 Å². The fourth-order valence-electron chi connectivity index (χ4n) is 3.13. The zero-order chi connectivity index (χ0) is 14.9. The number of anilines is 1. The van der Waals surface area contributed by atoms with Gasteiger partial charge in [0, 0.05) is 12.7 Å². The van der Waals surface area contributed by atoms with E-state index in [0.29, 0.717) is 12.4 Å². The van der Waals surface area contributed by atoms with Gasteiger partial charge in [0.15, 0.2) is 11.5 Å². The van der Waals surface area contributed by atoms with Crippen molar-refractivity contribution in [3.05, 3.63) is 47.7 Å². The summed E-state index contributed by atoms with van der Waals surface area (Å²) in [6, 6.07) is 12.3. The number of rotatable bonds is 2. The van der Waals surface area contributed by atoms with Gasteiger partial charge in [0.05, 0.1) is 11.6 Å². The molecule has 0 spiro atoms. The van der Waals surface area contributed by atoms with Crippen molar-refractivity contribution in [3.8, 4) is 17.6 Å². The van der Waals surface area contributed by atoms with Crippen LogP contribution in [0.4, 0.5) is 5.82 Å². The van der Waals surface area contributed by atoms with Crippen LogP contribution in [0.3, 0.4) is 0 Å². The second-order valence-electron chi connectivity index (χ2n) is 5.48. The van der Waals surface area contributed by atoms with E-state index in [1.807, 2.05) is 18.2 Å². The summed E-state index contributed by atoms with van der Waals surface area (Å²) in [4.78, 5) is 6.72. The Bertz CT molecular complexity index is 737. The predicted molar refractivity (Wildman–Crippen MR) is 80.8 cm³/mol. The maximum atomic E-state index is 8.88. The van der Waals surface area contributed by atoms with E-state index in [1.54, 1.807) is 6.20 Å². The third-order valence-electron chi connectivity index (χ3n) is 4.21. The van der Waals surface area contributed by atoms with Gasteiger partial charge >= 0.3 is 0 Å². The number of fused-ring (bicyclic) bond motifs is 1. The first-order chi connectivity index (χ1) is 10.8. The summed E-state index contributed by atoms with van der Waals surface area (Å²) in [6.45, 7) is 1.27. The molecule has 5 nitrogen and oxygen atoms in total. The minimum atomic E-state index is 0.287. The standard InChI is InChI=1S/C17H15N3O2/c18-9-12-3-6-17(19-10-12)20-7-1-2-14(20)13-4-5-15-16(8-13)22-11-21-15/h3-6,8,10,14H,1-2,7,11H2/t14-/m1/s1. The Morgan fingerprint density at radius 3 is 2.91 bits per heavy atom. The number of hydrogen-bond acceptors (Lipinski definition) is 5. The molecule has 4 rings (SSSR count). The lowest BCUT2D eigenvalue weighted by molar-refractivity contribution is 0.174. The first-order valence-electron chi connectivity index (χ1n) is 7.37. The van der Waals surface area contributed by atoms with E-state index in [1.165, 1.54) is 5.56 Å². The molecule has 0 radical (unpaired) electrons. The van der Waals surface area contributed by atoms with E-state index in [0.717, 1.165) is 36.7 Å². The summed E-state index contributed by atoms with van der Waals surface area (Å²) in [5, 5.41) is 8.88. The molecule has 1 aromatic carbocycles. The highest BCUT2D eigenvalue weighted by Crippen LogP contribution is 2.40. The molecule has 1 aromatic heterocycles. The molecular formula is C17H15N3O2. The summed E-state index contributed by atoms with van der Waals surface area (Å²) in [5.41, 5.74) is 1.80. The normalized spacial score (nSPS) is 19.2. The van der Waals surface area contributed by atoms with Crippen molar-refractivity contribution in [1.82, 2.24) is 4.98 Å². The average molecular weight is 293 g/mol. The molecular weight excluding hydrogens is 278 g/mol. The molecule has 3 heterocycles. The molecule has 0 saturated carbocycles. The SMILES string of the molecule is N#Cc1ccc(N2CCC[C@@H]2c2ccc3c(c2)OCO3)nc1. The third kappa shape index (κ3) is 2.13. The van der Waals surface area contributed by atoms with E-state index >= 15 is 0 Å². The second-order valence-corrected chi connectivity index (χ2v) is 5.48. The molecule has 0 N–H and O–H groups in total. The lowest BCUT2D eigenvalue weighted by atomic mass is 10.0. The van der Waals surface area contributed by atoms with E-state index < -0.39 is 0 Å². The van der Waals surface area contributed by atoms with Crippen LogP contribution in [0.1, 0.15) is 30.0 Å². The smallest absolute Gasteiger partial charge is 0.231 e. The fraction of sp³-hybridized carbons (Fsp3) is 0.294. The number of benzene rings is 1. The van der Waals surface area contributed by atoms with Gasteiger partial charge in [0.2, 0.25) is 6.79 Å². The molecule has 1 atom stereocenters. The van der Waals surface area contributed by atoms with Gasteiger partial charge in [-0.3, -0.25) is 0 Å². The van der Waals surface area contributed by atoms with Gasteiger partial charge in [0.1, 0.15) is 11.9 Å². The van der Waals surface area contributed by atoms with Crippen LogP contribution in [-0.2, 0) is 0 Å². The minimum absolute atomic E-state index is 0.287. The molecule has 0 aliphatic carbocycles. The van der Waals surface area contributed by atoms with Gasteiger partial charge in [-0.25, -0.2) is 4.98 Å². The summed E-state index contributed by atoms with van der Waals surface area (Å²) in [5.74, 6) is 2.54. The highest BCUT2D eigenvalue weighted by atomic mass is 16.7. The maximum absolute atomic E-state index is 8.88. The highest BCUT2D eigenvalue weighted by molar-refractivity contribution is 5.50. The molecule has 0 unspecified atom stereocenters. The number of ether oxygens (including phenoxy) is 2. The lowest BCUT2D eigenvalue weighted by Gasteiger charge is -2.26. The molecule has 2 aliphatic rings. The largest absolute Gasteiger partial charge is 0.454 e. The molecule has 1 saturated heterocycles. The Kier molecular flexibility index (Phi) is 3.08.